The maximum Gasteiger partial charge on any atom is 0.277 e. The number of carbonyl (C=O) groups is 2. The summed E-state index contributed by atoms with van der Waals surface area (Å²) < 4.78 is 35.9. The Morgan fingerprint density at radius 1 is 1.45 bits per heavy atom. The van der Waals surface area contributed by atoms with Crippen LogP contribution in [0.4, 0.5) is 8.78 Å². The SMILES string of the molecule is CN(C=O)CCC1(C#Cc2cccc(-n3nc(C(N)=O)c4c3CCCC4(F)F)c2)CO1. The van der Waals surface area contributed by atoms with E-state index in [0.717, 1.165) is 6.41 Å². The van der Waals surface area contributed by atoms with Crippen molar-refractivity contribution in [3.63, 3.8) is 0 Å². The number of hydrogen-bond acceptors (Lipinski definition) is 4. The van der Waals surface area contributed by atoms with Gasteiger partial charge in [-0.15, -0.1) is 0 Å². The van der Waals surface area contributed by atoms with Crippen molar-refractivity contribution < 1.29 is 23.1 Å². The van der Waals surface area contributed by atoms with Crippen LogP contribution in [0.3, 0.4) is 0 Å². The number of amides is 2. The van der Waals surface area contributed by atoms with Crippen LogP contribution in [-0.4, -0.2) is 52.8 Å². The highest BCUT2D eigenvalue weighted by Crippen LogP contribution is 2.42. The van der Waals surface area contributed by atoms with Crippen LogP contribution in [0.1, 0.15) is 46.6 Å². The smallest absolute Gasteiger partial charge is 0.277 e. The zero-order valence-electron chi connectivity index (χ0n) is 17.0. The van der Waals surface area contributed by atoms with Gasteiger partial charge in [0.25, 0.3) is 11.8 Å². The number of hydrogen-bond donors (Lipinski definition) is 1. The number of alkyl halides is 2. The number of primary amides is 1. The van der Waals surface area contributed by atoms with Crippen molar-refractivity contribution in [2.45, 2.75) is 37.2 Å². The van der Waals surface area contributed by atoms with Gasteiger partial charge in [-0.25, -0.2) is 13.5 Å². The number of halogens is 2. The third kappa shape index (κ3) is 4.16. The lowest BCUT2D eigenvalue weighted by Crippen LogP contribution is -2.25. The minimum absolute atomic E-state index is 0.290. The van der Waals surface area contributed by atoms with Crippen molar-refractivity contribution in [1.29, 1.82) is 0 Å². The lowest BCUT2D eigenvalue weighted by molar-refractivity contribution is -0.117. The molecule has 4 rings (SSSR count). The number of nitrogens with two attached hydrogens (primary N) is 1. The summed E-state index contributed by atoms with van der Waals surface area (Å²) in [5, 5.41) is 4.13. The van der Waals surface area contributed by atoms with Crippen molar-refractivity contribution in [3.8, 4) is 17.5 Å². The van der Waals surface area contributed by atoms with Gasteiger partial charge in [0.15, 0.2) is 11.3 Å². The molecule has 2 amide bonds. The molecule has 1 aliphatic heterocycles. The van der Waals surface area contributed by atoms with Gasteiger partial charge in [-0.3, -0.25) is 9.59 Å². The van der Waals surface area contributed by atoms with Gasteiger partial charge in [0.1, 0.15) is 0 Å². The molecular weight excluding hydrogens is 406 g/mol. The van der Waals surface area contributed by atoms with Gasteiger partial charge in [-0.1, -0.05) is 17.9 Å². The molecule has 162 valence electrons. The molecule has 1 atom stereocenters. The molecule has 1 saturated heterocycles. The first-order chi connectivity index (χ1) is 14.7. The van der Waals surface area contributed by atoms with Crippen LogP contribution in [0.25, 0.3) is 5.69 Å². The molecule has 2 N–H and O–H groups in total. The van der Waals surface area contributed by atoms with E-state index in [1.165, 1.54) is 9.58 Å². The van der Waals surface area contributed by atoms with Gasteiger partial charge in [-0.05, 0) is 31.0 Å². The van der Waals surface area contributed by atoms with Gasteiger partial charge >= 0.3 is 0 Å². The Kier molecular flexibility index (Phi) is 5.27. The second kappa shape index (κ2) is 7.78. The Morgan fingerprint density at radius 2 is 2.23 bits per heavy atom. The standard InChI is InChI=1S/C22H22F2N4O3/c1-27(14-29)11-10-21(13-31-21)9-7-15-4-2-5-16(12-15)28-17-6-3-8-22(23,24)18(17)19(26-28)20(25)30/h2,4-5,12,14H,3,6,8,10-11,13H2,1H3,(H2,25,30). The summed E-state index contributed by atoms with van der Waals surface area (Å²) in [6, 6.07) is 6.99. The minimum atomic E-state index is -3.14. The second-order valence-corrected chi connectivity index (χ2v) is 7.92. The Labute approximate surface area is 178 Å². The molecule has 9 heteroatoms. The molecule has 0 bridgehead atoms. The fourth-order valence-electron chi connectivity index (χ4n) is 3.73. The molecule has 1 unspecified atom stereocenters. The van der Waals surface area contributed by atoms with E-state index in [4.69, 9.17) is 10.5 Å². The zero-order valence-corrected chi connectivity index (χ0v) is 17.0. The fraction of sp³-hybridized carbons (Fsp3) is 0.409. The van der Waals surface area contributed by atoms with E-state index in [2.05, 4.69) is 16.9 Å². The van der Waals surface area contributed by atoms with Crippen molar-refractivity contribution in [3.05, 3.63) is 46.8 Å². The van der Waals surface area contributed by atoms with E-state index in [9.17, 15) is 18.4 Å². The molecule has 1 aliphatic carbocycles. The molecule has 1 fully saturated rings. The highest BCUT2D eigenvalue weighted by molar-refractivity contribution is 5.93. The average molecular weight is 428 g/mol. The normalized spacial score (nSPS) is 20.9. The van der Waals surface area contributed by atoms with Crippen molar-refractivity contribution in [2.24, 2.45) is 5.73 Å². The zero-order chi connectivity index (χ0) is 22.2. The van der Waals surface area contributed by atoms with Crippen LogP contribution in [0.5, 0.6) is 0 Å². The first-order valence-electron chi connectivity index (χ1n) is 9.98. The summed E-state index contributed by atoms with van der Waals surface area (Å²) in [7, 11) is 1.69. The van der Waals surface area contributed by atoms with E-state index < -0.39 is 17.4 Å². The quantitative estimate of drug-likeness (QED) is 0.433. The van der Waals surface area contributed by atoms with Gasteiger partial charge in [-0.2, -0.15) is 5.10 Å². The summed E-state index contributed by atoms with van der Waals surface area (Å²) in [4.78, 5) is 24.0. The first kappa shape index (κ1) is 21.0. The van der Waals surface area contributed by atoms with Gasteiger partial charge < -0.3 is 15.4 Å². The molecule has 7 nitrogen and oxygen atoms in total. The maximum absolute atomic E-state index is 14.5. The lowest BCUT2D eigenvalue weighted by atomic mass is 9.91. The predicted molar refractivity (Wildman–Crippen MR) is 108 cm³/mol. The van der Waals surface area contributed by atoms with Crippen LogP contribution in [-0.2, 0) is 21.9 Å². The number of rotatable bonds is 6. The Morgan fingerprint density at radius 3 is 2.90 bits per heavy atom. The van der Waals surface area contributed by atoms with Crippen molar-refractivity contribution in [2.75, 3.05) is 20.2 Å². The van der Waals surface area contributed by atoms with Crippen LogP contribution < -0.4 is 5.73 Å². The topological polar surface area (TPSA) is 93.8 Å². The van der Waals surface area contributed by atoms with Gasteiger partial charge in [0.2, 0.25) is 6.41 Å². The average Bonchev–Trinajstić information content (AvgIpc) is 3.40. The number of carbonyl (C=O) groups excluding carboxylic acids is 2. The lowest BCUT2D eigenvalue weighted by Gasteiger charge is -2.23. The number of ether oxygens (including phenoxy) is 1. The Hall–Kier alpha value is -3.25. The van der Waals surface area contributed by atoms with E-state index in [-0.39, 0.29) is 17.7 Å². The summed E-state index contributed by atoms with van der Waals surface area (Å²) in [5.41, 5.74) is 5.49. The predicted octanol–water partition coefficient (Wildman–Crippen LogP) is 2.00. The number of aromatic nitrogens is 2. The molecule has 31 heavy (non-hydrogen) atoms. The highest BCUT2D eigenvalue weighted by atomic mass is 19.3. The van der Waals surface area contributed by atoms with Crippen LogP contribution in [0, 0.1) is 11.8 Å². The van der Waals surface area contributed by atoms with E-state index in [1.54, 1.807) is 31.3 Å². The molecule has 0 spiro atoms. The third-order valence-corrected chi connectivity index (χ3v) is 5.55. The minimum Gasteiger partial charge on any atom is -0.364 e. The summed E-state index contributed by atoms with van der Waals surface area (Å²) >= 11 is 0. The van der Waals surface area contributed by atoms with Crippen molar-refractivity contribution in [1.82, 2.24) is 14.7 Å². The number of nitrogens with zero attached hydrogens (tertiary/aromatic N) is 3. The third-order valence-electron chi connectivity index (χ3n) is 5.55. The number of fused-ring (bicyclic) bond motifs is 1. The van der Waals surface area contributed by atoms with Gasteiger partial charge in [0, 0.05) is 32.0 Å². The second-order valence-electron chi connectivity index (χ2n) is 7.92. The van der Waals surface area contributed by atoms with E-state index in [0.29, 0.717) is 49.4 Å². The number of benzene rings is 1. The fourth-order valence-corrected chi connectivity index (χ4v) is 3.73. The Balaban J connectivity index is 1.65. The number of epoxide rings is 1. The van der Waals surface area contributed by atoms with Crippen LogP contribution in [0.2, 0.25) is 0 Å². The molecule has 2 aromatic rings. The Bertz CT molecular complexity index is 1100. The summed E-state index contributed by atoms with van der Waals surface area (Å²) in [6.07, 6.45) is 1.68. The molecule has 1 aromatic carbocycles. The molecule has 1 aromatic heterocycles. The van der Waals surface area contributed by atoms with Crippen molar-refractivity contribution >= 4 is 12.3 Å². The first-order valence-corrected chi connectivity index (χ1v) is 9.98. The monoisotopic (exact) mass is 428 g/mol. The summed E-state index contributed by atoms with van der Waals surface area (Å²) in [5.74, 6) is 2.05. The van der Waals surface area contributed by atoms with Crippen LogP contribution >= 0.6 is 0 Å². The van der Waals surface area contributed by atoms with E-state index in [1.807, 2.05) is 0 Å². The highest BCUT2D eigenvalue weighted by Gasteiger charge is 2.44. The molecule has 0 saturated carbocycles. The molecule has 2 aliphatic rings. The maximum atomic E-state index is 14.5. The van der Waals surface area contributed by atoms with Gasteiger partial charge in [0.05, 0.1) is 23.6 Å². The van der Waals surface area contributed by atoms with Crippen LogP contribution in [0.15, 0.2) is 24.3 Å². The molecule has 2 heterocycles. The van der Waals surface area contributed by atoms with E-state index >= 15 is 0 Å². The molecule has 0 radical (unpaired) electrons. The summed E-state index contributed by atoms with van der Waals surface area (Å²) in [6.45, 7) is 1.03. The largest absolute Gasteiger partial charge is 0.364 e. The molecular formula is C22H22F2N4O3.